The number of nitro groups is 1. The lowest BCUT2D eigenvalue weighted by Crippen LogP contribution is -2.13. The summed E-state index contributed by atoms with van der Waals surface area (Å²) in [6.07, 6.45) is 2.83. The molecule has 0 fully saturated rings. The second-order valence-corrected chi connectivity index (χ2v) is 5.98. The van der Waals surface area contributed by atoms with Gasteiger partial charge in [-0.15, -0.1) is 10.2 Å². The second kappa shape index (κ2) is 7.28. The highest BCUT2D eigenvalue weighted by atomic mass is 35.5. The van der Waals surface area contributed by atoms with Crippen molar-refractivity contribution in [3.8, 4) is 0 Å². The van der Waals surface area contributed by atoms with Crippen molar-refractivity contribution in [3.05, 3.63) is 43.9 Å². The van der Waals surface area contributed by atoms with E-state index in [9.17, 15) is 14.9 Å². The summed E-state index contributed by atoms with van der Waals surface area (Å²) in [4.78, 5) is 22.5. The number of aryl methyl sites for hydroxylation is 1. The van der Waals surface area contributed by atoms with Crippen molar-refractivity contribution in [1.82, 2.24) is 10.2 Å². The number of nitro benzene ring substituents is 1. The van der Waals surface area contributed by atoms with Crippen molar-refractivity contribution < 1.29 is 9.72 Å². The summed E-state index contributed by atoms with van der Waals surface area (Å²) in [7, 11) is 0. The number of benzene rings is 1. The number of amides is 1. The van der Waals surface area contributed by atoms with Gasteiger partial charge < -0.3 is 0 Å². The first-order chi connectivity index (χ1) is 10.5. The molecule has 2 aromatic rings. The topological polar surface area (TPSA) is 98.0 Å². The zero-order valence-corrected chi connectivity index (χ0v) is 13.3. The van der Waals surface area contributed by atoms with E-state index in [-0.39, 0.29) is 16.3 Å². The molecule has 7 nitrogen and oxygen atoms in total. The summed E-state index contributed by atoms with van der Waals surface area (Å²) in [5.41, 5.74) is -0.416. The fourth-order valence-corrected chi connectivity index (χ4v) is 2.69. The third kappa shape index (κ3) is 3.99. The van der Waals surface area contributed by atoms with Gasteiger partial charge in [-0.05, 0) is 18.6 Å². The predicted molar refractivity (Wildman–Crippen MR) is 84.6 cm³/mol. The van der Waals surface area contributed by atoms with Gasteiger partial charge in [0.25, 0.3) is 11.6 Å². The first-order valence-electron chi connectivity index (χ1n) is 6.59. The zero-order chi connectivity index (χ0) is 16.1. The van der Waals surface area contributed by atoms with E-state index < -0.39 is 10.8 Å². The number of carbonyl (C=O) groups is 1. The molecule has 0 radical (unpaired) electrons. The molecular formula is C13H13ClN4O3S. The van der Waals surface area contributed by atoms with Crippen LogP contribution in [0.15, 0.2) is 18.2 Å². The summed E-state index contributed by atoms with van der Waals surface area (Å²) in [6, 6.07) is 3.88. The molecule has 1 heterocycles. The standard InChI is InChI=1S/C13H13ClN4O3S/c1-2-3-4-11-16-17-13(22-11)15-12(19)9-6-5-8(14)7-10(9)18(20)21/h5-7H,2-4H2,1H3,(H,15,17,19). The Bertz CT molecular complexity index is 704. The highest BCUT2D eigenvalue weighted by Crippen LogP contribution is 2.25. The van der Waals surface area contributed by atoms with Gasteiger partial charge in [0.2, 0.25) is 5.13 Å². The third-order valence-electron chi connectivity index (χ3n) is 2.83. The van der Waals surface area contributed by atoms with Crippen LogP contribution in [0.25, 0.3) is 0 Å². The van der Waals surface area contributed by atoms with Gasteiger partial charge in [-0.25, -0.2) is 0 Å². The lowest BCUT2D eigenvalue weighted by molar-refractivity contribution is -0.385. The van der Waals surface area contributed by atoms with Crippen molar-refractivity contribution in [2.24, 2.45) is 0 Å². The highest BCUT2D eigenvalue weighted by molar-refractivity contribution is 7.15. The summed E-state index contributed by atoms with van der Waals surface area (Å²) in [6.45, 7) is 2.07. The lowest BCUT2D eigenvalue weighted by Gasteiger charge is -2.02. The lowest BCUT2D eigenvalue weighted by atomic mass is 10.1. The molecule has 1 N–H and O–H groups in total. The van der Waals surface area contributed by atoms with Crippen LogP contribution in [-0.4, -0.2) is 21.0 Å². The Kier molecular flexibility index (Phi) is 5.40. The average molecular weight is 341 g/mol. The minimum atomic E-state index is -0.645. The van der Waals surface area contributed by atoms with Crippen LogP contribution < -0.4 is 5.32 Å². The monoisotopic (exact) mass is 340 g/mol. The molecule has 0 atom stereocenters. The quantitative estimate of drug-likeness (QED) is 0.638. The van der Waals surface area contributed by atoms with Crippen molar-refractivity contribution >= 4 is 39.7 Å². The van der Waals surface area contributed by atoms with Gasteiger partial charge >= 0.3 is 0 Å². The Morgan fingerprint density at radius 2 is 2.23 bits per heavy atom. The largest absolute Gasteiger partial charge is 0.296 e. The van der Waals surface area contributed by atoms with Gasteiger partial charge in [0.1, 0.15) is 10.6 Å². The van der Waals surface area contributed by atoms with Gasteiger partial charge in [-0.2, -0.15) is 0 Å². The highest BCUT2D eigenvalue weighted by Gasteiger charge is 2.21. The number of nitrogens with one attached hydrogen (secondary N) is 1. The third-order valence-corrected chi connectivity index (χ3v) is 3.97. The van der Waals surface area contributed by atoms with E-state index in [1.807, 2.05) is 0 Å². The molecule has 0 saturated heterocycles. The van der Waals surface area contributed by atoms with E-state index in [1.54, 1.807) is 0 Å². The Hall–Kier alpha value is -2.06. The van der Waals surface area contributed by atoms with Gasteiger partial charge in [-0.1, -0.05) is 36.3 Å². The van der Waals surface area contributed by atoms with Gasteiger partial charge in [0, 0.05) is 17.5 Å². The van der Waals surface area contributed by atoms with Gasteiger partial charge in [-0.3, -0.25) is 20.2 Å². The zero-order valence-electron chi connectivity index (χ0n) is 11.7. The first kappa shape index (κ1) is 16.3. The minimum Gasteiger partial charge on any atom is -0.296 e. The smallest absolute Gasteiger partial charge is 0.283 e. The maximum atomic E-state index is 12.2. The molecule has 1 aromatic heterocycles. The molecule has 116 valence electrons. The van der Waals surface area contributed by atoms with Crippen molar-refractivity contribution in [2.45, 2.75) is 26.2 Å². The van der Waals surface area contributed by atoms with Crippen LogP contribution in [0.4, 0.5) is 10.8 Å². The van der Waals surface area contributed by atoms with Crippen LogP contribution in [0.5, 0.6) is 0 Å². The number of carbonyl (C=O) groups excluding carboxylic acids is 1. The van der Waals surface area contributed by atoms with Crippen molar-refractivity contribution in [1.29, 1.82) is 0 Å². The molecule has 0 aliphatic rings. The van der Waals surface area contributed by atoms with Crippen LogP contribution in [0.1, 0.15) is 35.1 Å². The normalized spacial score (nSPS) is 10.5. The molecule has 0 saturated carbocycles. The van der Waals surface area contributed by atoms with E-state index in [0.717, 1.165) is 30.3 Å². The number of rotatable bonds is 6. The summed E-state index contributed by atoms with van der Waals surface area (Å²) >= 11 is 6.98. The van der Waals surface area contributed by atoms with Gasteiger partial charge in [0.05, 0.1) is 4.92 Å². The fraction of sp³-hybridized carbons (Fsp3) is 0.308. The molecule has 0 aliphatic heterocycles. The van der Waals surface area contributed by atoms with Crippen LogP contribution >= 0.6 is 22.9 Å². The number of halogens is 1. The molecule has 0 bridgehead atoms. The second-order valence-electron chi connectivity index (χ2n) is 4.48. The molecule has 1 aromatic carbocycles. The molecule has 1 amide bonds. The van der Waals surface area contributed by atoms with E-state index in [0.29, 0.717) is 5.13 Å². The number of hydrogen-bond donors (Lipinski definition) is 1. The Labute approximate surface area is 135 Å². The van der Waals surface area contributed by atoms with Crippen LogP contribution in [0.3, 0.4) is 0 Å². The molecule has 9 heteroatoms. The molecule has 22 heavy (non-hydrogen) atoms. The Morgan fingerprint density at radius 3 is 2.91 bits per heavy atom. The molecule has 0 spiro atoms. The Morgan fingerprint density at radius 1 is 1.45 bits per heavy atom. The van der Waals surface area contributed by atoms with Gasteiger partial charge in [0.15, 0.2) is 0 Å². The fourth-order valence-electron chi connectivity index (χ4n) is 1.75. The number of unbranched alkanes of at least 4 members (excludes halogenated alkanes) is 1. The van der Waals surface area contributed by atoms with Crippen LogP contribution in [0.2, 0.25) is 5.02 Å². The molecule has 0 aliphatic carbocycles. The van der Waals surface area contributed by atoms with E-state index in [2.05, 4.69) is 22.4 Å². The molecule has 0 unspecified atom stereocenters. The SMILES string of the molecule is CCCCc1nnc(NC(=O)c2ccc(Cl)cc2[N+](=O)[O-])s1. The number of nitrogens with zero attached hydrogens (tertiary/aromatic N) is 3. The molecular weight excluding hydrogens is 328 g/mol. The molecule has 2 rings (SSSR count). The maximum Gasteiger partial charge on any atom is 0.283 e. The summed E-state index contributed by atoms with van der Waals surface area (Å²) in [5.74, 6) is -0.610. The Balaban J connectivity index is 2.15. The summed E-state index contributed by atoms with van der Waals surface area (Å²) in [5, 5.41) is 22.7. The number of anilines is 1. The summed E-state index contributed by atoms with van der Waals surface area (Å²) < 4.78 is 0. The first-order valence-corrected chi connectivity index (χ1v) is 7.78. The minimum absolute atomic E-state index is 0.0697. The predicted octanol–water partition coefficient (Wildman–Crippen LogP) is 3.69. The van der Waals surface area contributed by atoms with Crippen molar-refractivity contribution in [2.75, 3.05) is 5.32 Å². The van der Waals surface area contributed by atoms with Crippen LogP contribution in [-0.2, 0) is 6.42 Å². The van der Waals surface area contributed by atoms with Crippen molar-refractivity contribution in [3.63, 3.8) is 0 Å². The van der Waals surface area contributed by atoms with Crippen LogP contribution in [0, 0.1) is 10.1 Å². The average Bonchev–Trinajstić information content (AvgIpc) is 2.92. The van der Waals surface area contributed by atoms with E-state index >= 15 is 0 Å². The van der Waals surface area contributed by atoms with E-state index in [4.69, 9.17) is 11.6 Å². The maximum absolute atomic E-state index is 12.2. The number of aromatic nitrogens is 2. The van der Waals surface area contributed by atoms with E-state index in [1.165, 1.54) is 23.5 Å². The number of hydrogen-bond acceptors (Lipinski definition) is 6.